The minimum Gasteiger partial charge on any atom is -0.467 e. The standard InChI is InChI=1S/C18H25NO3/c1-17(16(20)21-2)8-9-18(22-17)10-12-19(13-11-18)14-15-6-4-3-5-7-15/h3-7H,8-14H2,1-2H3. The van der Waals surface area contributed by atoms with Crippen LogP contribution in [0.2, 0.25) is 0 Å². The van der Waals surface area contributed by atoms with Crippen molar-refractivity contribution in [1.82, 2.24) is 4.90 Å². The lowest BCUT2D eigenvalue weighted by molar-refractivity contribution is -0.178. The molecule has 2 aliphatic rings. The Morgan fingerprint density at radius 3 is 2.50 bits per heavy atom. The van der Waals surface area contributed by atoms with E-state index in [2.05, 4.69) is 35.2 Å². The Bertz CT molecular complexity index is 522. The lowest BCUT2D eigenvalue weighted by atomic mass is 9.87. The first-order chi connectivity index (χ1) is 10.6. The van der Waals surface area contributed by atoms with E-state index in [-0.39, 0.29) is 11.6 Å². The number of benzene rings is 1. The molecule has 0 saturated carbocycles. The molecule has 1 aromatic rings. The van der Waals surface area contributed by atoms with E-state index < -0.39 is 5.60 Å². The normalized spacial score (nSPS) is 27.9. The molecule has 0 radical (unpaired) electrons. The van der Waals surface area contributed by atoms with Gasteiger partial charge in [-0.3, -0.25) is 4.90 Å². The Labute approximate surface area is 132 Å². The molecule has 1 aromatic carbocycles. The predicted octanol–water partition coefficient (Wildman–Crippen LogP) is 2.76. The van der Waals surface area contributed by atoms with Gasteiger partial charge >= 0.3 is 5.97 Å². The predicted molar refractivity (Wildman–Crippen MR) is 84.4 cm³/mol. The molecule has 0 aromatic heterocycles. The van der Waals surface area contributed by atoms with Crippen LogP contribution in [-0.4, -0.2) is 42.3 Å². The van der Waals surface area contributed by atoms with Gasteiger partial charge in [-0.1, -0.05) is 30.3 Å². The van der Waals surface area contributed by atoms with Gasteiger partial charge in [-0.05, 0) is 38.2 Å². The van der Waals surface area contributed by atoms with E-state index >= 15 is 0 Å². The maximum Gasteiger partial charge on any atom is 0.337 e. The van der Waals surface area contributed by atoms with E-state index in [4.69, 9.17) is 9.47 Å². The van der Waals surface area contributed by atoms with Gasteiger partial charge in [0.2, 0.25) is 0 Å². The van der Waals surface area contributed by atoms with E-state index in [1.165, 1.54) is 12.7 Å². The molecule has 1 unspecified atom stereocenters. The molecule has 1 spiro atoms. The molecule has 1 atom stereocenters. The highest BCUT2D eigenvalue weighted by Gasteiger charge is 2.52. The maximum absolute atomic E-state index is 11.9. The molecule has 0 bridgehead atoms. The topological polar surface area (TPSA) is 38.8 Å². The number of carbonyl (C=O) groups is 1. The van der Waals surface area contributed by atoms with Crippen molar-refractivity contribution in [1.29, 1.82) is 0 Å². The third-order valence-electron chi connectivity index (χ3n) is 5.13. The minimum atomic E-state index is -0.754. The number of likely N-dealkylation sites (tertiary alicyclic amines) is 1. The van der Waals surface area contributed by atoms with E-state index in [0.717, 1.165) is 45.3 Å². The molecule has 2 heterocycles. The van der Waals surface area contributed by atoms with Gasteiger partial charge in [-0.25, -0.2) is 4.79 Å². The van der Waals surface area contributed by atoms with Crippen LogP contribution in [0, 0.1) is 0 Å². The zero-order valence-corrected chi connectivity index (χ0v) is 13.5. The van der Waals surface area contributed by atoms with Crippen molar-refractivity contribution >= 4 is 5.97 Å². The van der Waals surface area contributed by atoms with E-state index in [9.17, 15) is 4.79 Å². The van der Waals surface area contributed by atoms with Crippen LogP contribution >= 0.6 is 0 Å². The van der Waals surface area contributed by atoms with Crippen molar-refractivity contribution in [2.45, 2.75) is 50.4 Å². The summed E-state index contributed by atoms with van der Waals surface area (Å²) in [6.45, 7) is 4.90. The average Bonchev–Trinajstić information content (AvgIpc) is 2.88. The summed E-state index contributed by atoms with van der Waals surface area (Å²) in [6.07, 6.45) is 3.70. The zero-order valence-electron chi connectivity index (χ0n) is 13.5. The summed E-state index contributed by atoms with van der Waals surface area (Å²) >= 11 is 0. The second-order valence-electron chi connectivity index (χ2n) is 6.77. The van der Waals surface area contributed by atoms with Crippen LogP contribution in [0.4, 0.5) is 0 Å². The minimum absolute atomic E-state index is 0.129. The largest absolute Gasteiger partial charge is 0.467 e. The highest BCUT2D eigenvalue weighted by atomic mass is 16.6. The van der Waals surface area contributed by atoms with Gasteiger partial charge in [0.05, 0.1) is 12.7 Å². The lowest BCUT2D eigenvalue weighted by Gasteiger charge is -2.40. The number of rotatable bonds is 3. The number of nitrogens with zero attached hydrogens (tertiary/aromatic N) is 1. The second-order valence-corrected chi connectivity index (χ2v) is 6.77. The van der Waals surface area contributed by atoms with Gasteiger partial charge in [0.25, 0.3) is 0 Å². The van der Waals surface area contributed by atoms with Crippen molar-refractivity contribution in [2.24, 2.45) is 0 Å². The average molecular weight is 303 g/mol. The van der Waals surface area contributed by atoms with E-state index in [1.807, 2.05) is 6.92 Å². The lowest BCUT2D eigenvalue weighted by Crippen LogP contribution is -2.47. The van der Waals surface area contributed by atoms with Crippen LogP contribution in [0.25, 0.3) is 0 Å². The third-order valence-corrected chi connectivity index (χ3v) is 5.13. The molecule has 2 aliphatic heterocycles. The van der Waals surface area contributed by atoms with E-state index in [1.54, 1.807) is 0 Å². The van der Waals surface area contributed by atoms with Crippen LogP contribution in [0.5, 0.6) is 0 Å². The molecule has 0 N–H and O–H groups in total. The van der Waals surface area contributed by atoms with Gasteiger partial charge < -0.3 is 9.47 Å². The fraction of sp³-hybridized carbons (Fsp3) is 0.611. The molecular weight excluding hydrogens is 278 g/mol. The number of esters is 1. The second kappa shape index (κ2) is 6.01. The fourth-order valence-corrected chi connectivity index (χ4v) is 3.72. The molecule has 3 rings (SSSR count). The molecule has 4 nitrogen and oxygen atoms in total. The van der Waals surface area contributed by atoms with Gasteiger partial charge in [0.1, 0.15) is 0 Å². The quantitative estimate of drug-likeness (QED) is 0.805. The third kappa shape index (κ3) is 3.03. The first-order valence-corrected chi connectivity index (χ1v) is 8.10. The van der Waals surface area contributed by atoms with Gasteiger partial charge in [-0.15, -0.1) is 0 Å². The molecule has 22 heavy (non-hydrogen) atoms. The first kappa shape index (κ1) is 15.5. The fourth-order valence-electron chi connectivity index (χ4n) is 3.72. The van der Waals surface area contributed by atoms with Gasteiger partial charge in [0, 0.05) is 19.6 Å². The van der Waals surface area contributed by atoms with Crippen molar-refractivity contribution in [3.05, 3.63) is 35.9 Å². The van der Waals surface area contributed by atoms with Crippen LogP contribution in [0.1, 0.15) is 38.2 Å². The van der Waals surface area contributed by atoms with Crippen molar-refractivity contribution in [3.63, 3.8) is 0 Å². The van der Waals surface area contributed by atoms with Crippen molar-refractivity contribution < 1.29 is 14.3 Å². The van der Waals surface area contributed by atoms with Crippen LogP contribution < -0.4 is 0 Å². The summed E-state index contributed by atoms with van der Waals surface area (Å²) in [5.74, 6) is -0.240. The smallest absolute Gasteiger partial charge is 0.337 e. The maximum atomic E-state index is 11.9. The van der Waals surface area contributed by atoms with Gasteiger partial charge in [0.15, 0.2) is 5.60 Å². The Morgan fingerprint density at radius 2 is 1.86 bits per heavy atom. The molecule has 0 amide bonds. The summed E-state index contributed by atoms with van der Waals surface area (Å²) in [4.78, 5) is 14.4. The number of methoxy groups -OCH3 is 1. The first-order valence-electron chi connectivity index (χ1n) is 8.10. The van der Waals surface area contributed by atoms with Gasteiger partial charge in [-0.2, -0.15) is 0 Å². The van der Waals surface area contributed by atoms with Crippen LogP contribution in [-0.2, 0) is 20.8 Å². The number of ether oxygens (including phenoxy) is 2. The van der Waals surface area contributed by atoms with E-state index in [0.29, 0.717) is 0 Å². The number of carbonyl (C=O) groups excluding carboxylic acids is 1. The Hall–Kier alpha value is -1.39. The Morgan fingerprint density at radius 1 is 1.18 bits per heavy atom. The number of piperidine rings is 1. The molecule has 120 valence electrons. The summed E-state index contributed by atoms with van der Waals surface area (Å²) < 4.78 is 11.1. The summed E-state index contributed by atoms with van der Waals surface area (Å²) in [5.41, 5.74) is 0.470. The molecule has 2 fully saturated rings. The van der Waals surface area contributed by atoms with Crippen molar-refractivity contribution in [2.75, 3.05) is 20.2 Å². The Balaban J connectivity index is 1.57. The Kier molecular flexibility index (Phi) is 4.24. The van der Waals surface area contributed by atoms with Crippen LogP contribution in [0.3, 0.4) is 0 Å². The molecular formula is C18H25NO3. The summed E-state index contributed by atoms with van der Waals surface area (Å²) in [6, 6.07) is 10.6. The number of hydrogen-bond acceptors (Lipinski definition) is 4. The molecule has 2 saturated heterocycles. The highest BCUT2D eigenvalue weighted by Crippen LogP contribution is 2.44. The summed E-state index contributed by atoms with van der Waals surface area (Å²) in [7, 11) is 1.43. The zero-order chi connectivity index (χ0) is 15.6. The molecule has 0 aliphatic carbocycles. The van der Waals surface area contributed by atoms with Crippen molar-refractivity contribution in [3.8, 4) is 0 Å². The SMILES string of the molecule is COC(=O)C1(C)CCC2(CCN(Cc3ccccc3)CC2)O1. The molecule has 4 heteroatoms. The number of hydrogen-bond donors (Lipinski definition) is 0. The summed E-state index contributed by atoms with van der Waals surface area (Å²) in [5, 5.41) is 0. The van der Waals surface area contributed by atoms with Crippen LogP contribution in [0.15, 0.2) is 30.3 Å². The highest BCUT2D eigenvalue weighted by molar-refractivity contribution is 5.79. The monoisotopic (exact) mass is 303 g/mol.